The Bertz CT molecular complexity index is 1190. The fourth-order valence-electron chi connectivity index (χ4n) is 4.14. The number of hydrogen-bond donors (Lipinski definition) is 0. The van der Waals surface area contributed by atoms with Crippen LogP contribution in [0.3, 0.4) is 0 Å². The molecule has 0 spiro atoms. The Morgan fingerprint density at radius 3 is 2.33 bits per heavy atom. The van der Waals surface area contributed by atoms with Crippen LogP contribution in [0.4, 0.5) is 0 Å². The van der Waals surface area contributed by atoms with Gasteiger partial charge in [-0.2, -0.15) is 22.1 Å². The van der Waals surface area contributed by atoms with E-state index >= 15 is 0 Å². The van der Waals surface area contributed by atoms with Gasteiger partial charge in [-0.25, -0.2) is 0 Å². The minimum Gasteiger partial charge on any atom is -0.373 e. The SMILES string of the molecule is C[C@@H]1CN(S(=O)(=O)N(C)Cc2cn(Cc3ccccc3Cl)nc2-c2ccccc2)C[C@H](C)O1. The molecule has 2 atom stereocenters. The van der Waals surface area contributed by atoms with Gasteiger partial charge in [-0.1, -0.05) is 60.1 Å². The molecule has 1 saturated heterocycles. The van der Waals surface area contributed by atoms with Crippen LogP contribution in [0.15, 0.2) is 60.8 Å². The van der Waals surface area contributed by atoms with Crippen LogP contribution < -0.4 is 0 Å². The monoisotopic (exact) mass is 488 g/mol. The lowest BCUT2D eigenvalue weighted by Gasteiger charge is -2.36. The van der Waals surface area contributed by atoms with Crippen molar-refractivity contribution in [1.29, 1.82) is 0 Å². The summed E-state index contributed by atoms with van der Waals surface area (Å²) in [6, 6.07) is 17.4. The lowest BCUT2D eigenvalue weighted by atomic mass is 10.1. The Balaban J connectivity index is 1.63. The second-order valence-electron chi connectivity index (χ2n) is 8.50. The third-order valence-electron chi connectivity index (χ3n) is 5.67. The molecular weight excluding hydrogens is 460 g/mol. The Labute approximate surface area is 200 Å². The Morgan fingerprint density at radius 2 is 1.67 bits per heavy atom. The molecule has 9 heteroatoms. The largest absolute Gasteiger partial charge is 0.373 e. The second-order valence-corrected chi connectivity index (χ2v) is 10.9. The van der Waals surface area contributed by atoms with Crippen molar-refractivity contribution in [3.8, 4) is 11.3 Å². The summed E-state index contributed by atoms with van der Waals surface area (Å²) in [5, 5.41) is 5.46. The minimum absolute atomic E-state index is 0.143. The van der Waals surface area contributed by atoms with Crippen LogP contribution in [0, 0.1) is 0 Å². The molecule has 0 unspecified atom stereocenters. The highest BCUT2D eigenvalue weighted by molar-refractivity contribution is 7.86. The minimum atomic E-state index is -3.65. The first-order valence-corrected chi connectivity index (χ1v) is 12.7. The lowest BCUT2D eigenvalue weighted by molar-refractivity contribution is -0.0453. The molecule has 0 aliphatic carbocycles. The summed E-state index contributed by atoms with van der Waals surface area (Å²) in [5.41, 5.74) is 3.47. The van der Waals surface area contributed by atoms with Gasteiger partial charge in [0.25, 0.3) is 10.2 Å². The topological polar surface area (TPSA) is 67.7 Å². The van der Waals surface area contributed by atoms with E-state index in [2.05, 4.69) is 0 Å². The van der Waals surface area contributed by atoms with Crippen LogP contribution in [0.5, 0.6) is 0 Å². The van der Waals surface area contributed by atoms with E-state index in [9.17, 15) is 8.42 Å². The standard InChI is InChI=1S/C24H29ClN4O3S/c1-18-13-29(14-19(2)32-18)33(30,31)27(3)15-22-17-28(16-21-11-7-8-12-23(21)25)26-24(22)20-9-5-4-6-10-20/h4-12,17-19H,13-16H2,1-3H3/t18-,19+. The van der Waals surface area contributed by atoms with E-state index in [0.717, 1.165) is 22.4 Å². The number of ether oxygens (including phenoxy) is 1. The van der Waals surface area contributed by atoms with Gasteiger partial charge in [0.15, 0.2) is 0 Å². The lowest BCUT2D eigenvalue weighted by Crippen LogP contribution is -2.52. The zero-order chi connectivity index (χ0) is 23.6. The molecule has 2 heterocycles. The number of aromatic nitrogens is 2. The fourth-order valence-corrected chi connectivity index (χ4v) is 5.83. The highest BCUT2D eigenvalue weighted by Gasteiger charge is 2.34. The van der Waals surface area contributed by atoms with Crippen molar-refractivity contribution in [3.63, 3.8) is 0 Å². The van der Waals surface area contributed by atoms with Gasteiger partial charge < -0.3 is 4.74 Å². The first-order chi connectivity index (χ1) is 15.7. The van der Waals surface area contributed by atoms with Crippen LogP contribution in [-0.4, -0.2) is 59.2 Å². The molecule has 1 aromatic heterocycles. The van der Waals surface area contributed by atoms with Gasteiger partial charge in [0.1, 0.15) is 0 Å². The molecule has 1 aliphatic rings. The summed E-state index contributed by atoms with van der Waals surface area (Å²) < 4.78 is 37.1. The molecule has 2 aromatic carbocycles. The Morgan fingerprint density at radius 1 is 1.03 bits per heavy atom. The summed E-state index contributed by atoms with van der Waals surface area (Å²) in [6.07, 6.45) is 1.62. The van der Waals surface area contributed by atoms with E-state index in [1.54, 1.807) is 7.05 Å². The molecule has 4 rings (SSSR count). The quantitative estimate of drug-likeness (QED) is 0.503. The van der Waals surface area contributed by atoms with Crippen LogP contribution in [0.2, 0.25) is 5.02 Å². The van der Waals surface area contributed by atoms with E-state index in [-0.39, 0.29) is 18.8 Å². The summed E-state index contributed by atoms with van der Waals surface area (Å²) in [7, 11) is -2.04. The smallest absolute Gasteiger partial charge is 0.282 e. The summed E-state index contributed by atoms with van der Waals surface area (Å²) in [5.74, 6) is 0. The summed E-state index contributed by atoms with van der Waals surface area (Å²) in [6.45, 7) is 5.17. The number of morpholine rings is 1. The predicted octanol–water partition coefficient (Wildman–Crippen LogP) is 4.04. The molecular formula is C24H29ClN4O3S. The molecule has 0 radical (unpaired) electrons. The van der Waals surface area contributed by atoms with Gasteiger partial charge in [0.05, 0.1) is 24.4 Å². The molecule has 1 aliphatic heterocycles. The zero-order valence-corrected chi connectivity index (χ0v) is 20.6. The normalized spacial score (nSPS) is 19.8. The number of halogens is 1. The molecule has 0 saturated carbocycles. The third kappa shape index (κ3) is 5.47. The molecule has 0 amide bonds. The van der Waals surface area contributed by atoms with E-state index in [0.29, 0.717) is 24.7 Å². The zero-order valence-electron chi connectivity index (χ0n) is 19.1. The number of nitrogens with zero attached hydrogens (tertiary/aromatic N) is 4. The van der Waals surface area contributed by atoms with Crippen LogP contribution in [0.25, 0.3) is 11.3 Å². The Kier molecular flexibility index (Phi) is 7.21. The highest BCUT2D eigenvalue weighted by Crippen LogP contribution is 2.26. The van der Waals surface area contributed by atoms with Gasteiger partial charge in [0.2, 0.25) is 0 Å². The van der Waals surface area contributed by atoms with Crippen molar-refractivity contribution in [1.82, 2.24) is 18.4 Å². The third-order valence-corrected chi connectivity index (χ3v) is 7.91. The maximum Gasteiger partial charge on any atom is 0.282 e. The maximum atomic E-state index is 13.3. The van der Waals surface area contributed by atoms with Crippen LogP contribution in [0.1, 0.15) is 25.0 Å². The average molecular weight is 489 g/mol. The van der Waals surface area contributed by atoms with E-state index in [1.165, 1.54) is 8.61 Å². The van der Waals surface area contributed by atoms with Crippen molar-refractivity contribution >= 4 is 21.8 Å². The first-order valence-electron chi connectivity index (χ1n) is 11.0. The molecule has 7 nitrogen and oxygen atoms in total. The average Bonchev–Trinajstić information content (AvgIpc) is 3.17. The first kappa shape index (κ1) is 23.9. The summed E-state index contributed by atoms with van der Waals surface area (Å²) >= 11 is 6.35. The molecule has 0 N–H and O–H groups in total. The van der Waals surface area contributed by atoms with Crippen molar-refractivity contribution in [2.24, 2.45) is 0 Å². The molecule has 0 bridgehead atoms. The van der Waals surface area contributed by atoms with Gasteiger partial charge in [-0.15, -0.1) is 0 Å². The predicted molar refractivity (Wildman–Crippen MR) is 130 cm³/mol. The molecule has 3 aromatic rings. The molecule has 1 fully saturated rings. The van der Waals surface area contributed by atoms with E-state index in [1.807, 2.05) is 79.3 Å². The van der Waals surface area contributed by atoms with Crippen molar-refractivity contribution in [2.75, 3.05) is 20.1 Å². The van der Waals surface area contributed by atoms with Crippen molar-refractivity contribution in [2.45, 2.75) is 39.1 Å². The number of benzene rings is 2. The van der Waals surface area contributed by atoms with Crippen LogP contribution in [-0.2, 0) is 28.0 Å². The van der Waals surface area contributed by atoms with E-state index < -0.39 is 10.2 Å². The maximum absolute atomic E-state index is 13.3. The van der Waals surface area contributed by atoms with Gasteiger partial charge >= 0.3 is 0 Å². The van der Waals surface area contributed by atoms with Crippen molar-refractivity contribution < 1.29 is 13.2 Å². The number of rotatable bonds is 7. The highest BCUT2D eigenvalue weighted by atomic mass is 35.5. The Hall–Kier alpha value is -2.23. The summed E-state index contributed by atoms with van der Waals surface area (Å²) in [4.78, 5) is 0. The van der Waals surface area contributed by atoms with Gasteiger partial charge in [-0.05, 0) is 25.5 Å². The van der Waals surface area contributed by atoms with E-state index in [4.69, 9.17) is 21.4 Å². The van der Waals surface area contributed by atoms with Gasteiger partial charge in [0, 0.05) is 49.0 Å². The van der Waals surface area contributed by atoms with Crippen LogP contribution >= 0.6 is 11.6 Å². The molecule has 33 heavy (non-hydrogen) atoms. The van der Waals surface area contributed by atoms with Crippen molar-refractivity contribution in [3.05, 3.63) is 76.9 Å². The molecule has 176 valence electrons. The second kappa shape index (κ2) is 9.95. The fraction of sp³-hybridized carbons (Fsp3) is 0.375. The van der Waals surface area contributed by atoms with Gasteiger partial charge in [-0.3, -0.25) is 4.68 Å². The number of hydrogen-bond acceptors (Lipinski definition) is 4.